The Morgan fingerprint density at radius 1 is 0.852 bits per heavy atom. The van der Waals surface area contributed by atoms with Gasteiger partial charge in [-0.05, 0) is 42.0 Å². The molecule has 0 N–H and O–H groups in total. The third-order valence-corrected chi connectivity index (χ3v) is 4.44. The Labute approximate surface area is 163 Å². The van der Waals surface area contributed by atoms with E-state index >= 15 is 0 Å². The largest absolute Gasteiger partial charge is 0.489 e. The van der Waals surface area contributed by atoms with E-state index in [4.69, 9.17) is 30.5 Å². The maximum Gasteiger partial charge on any atom is 0.189 e. The zero-order chi connectivity index (χ0) is 18.5. The first kappa shape index (κ1) is 17.7. The van der Waals surface area contributed by atoms with Gasteiger partial charge in [0.1, 0.15) is 30.5 Å². The predicted octanol–water partition coefficient (Wildman–Crippen LogP) is 5.36. The number of hydrogen-bond acceptors (Lipinski definition) is 4. The van der Waals surface area contributed by atoms with Crippen molar-refractivity contribution < 1.29 is 18.9 Å². The first-order valence-corrected chi connectivity index (χ1v) is 9.07. The number of rotatable bonds is 6. The van der Waals surface area contributed by atoms with E-state index in [9.17, 15) is 0 Å². The quantitative estimate of drug-likeness (QED) is 0.574. The van der Waals surface area contributed by atoms with Crippen molar-refractivity contribution in [3.05, 3.63) is 88.4 Å². The first-order chi connectivity index (χ1) is 13.3. The molecule has 0 atom stereocenters. The normalized spacial score (nSPS) is 12.8. The Morgan fingerprint density at radius 3 is 2.30 bits per heavy atom. The van der Waals surface area contributed by atoms with Crippen LogP contribution in [0.3, 0.4) is 0 Å². The van der Waals surface area contributed by atoms with Crippen molar-refractivity contribution in [1.82, 2.24) is 0 Å². The van der Waals surface area contributed by atoms with Crippen LogP contribution in [0.2, 0.25) is 5.02 Å². The molecule has 138 valence electrons. The second-order valence-electron chi connectivity index (χ2n) is 6.20. The van der Waals surface area contributed by atoms with Crippen molar-refractivity contribution in [1.29, 1.82) is 0 Å². The lowest BCUT2D eigenvalue weighted by molar-refractivity contribution is -0.0175. The molecule has 0 fully saturated rings. The van der Waals surface area contributed by atoms with Crippen LogP contribution in [0.1, 0.15) is 16.7 Å². The highest BCUT2D eigenvalue weighted by molar-refractivity contribution is 6.30. The summed E-state index contributed by atoms with van der Waals surface area (Å²) in [6, 6.07) is 21.4. The van der Waals surface area contributed by atoms with Crippen LogP contribution in [-0.2, 0) is 24.6 Å². The standard InChI is InChI=1S/C22H19ClO4/c23-19-10-17-13-24-15-27-22(17)18(11-19)14-26-21-8-6-20(7-9-21)25-12-16-4-2-1-3-5-16/h1-11H,12-15H2. The van der Waals surface area contributed by atoms with Gasteiger partial charge in [0.25, 0.3) is 0 Å². The van der Waals surface area contributed by atoms with Crippen molar-refractivity contribution in [2.45, 2.75) is 19.8 Å². The van der Waals surface area contributed by atoms with Crippen molar-refractivity contribution >= 4 is 11.6 Å². The minimum absolute atomic E-state index is 0.245. The molecule has 0 radical (unpaired) electrons. The van der Waals surface area contributed by atoms with E-state index in [-0.39, 0.29) is 6.79 Å². The van der Waals surface area contributed by atoms with Crippen LogP contribution in [-0.4, -0.2) is 6.79 Å². The second-order valence-corrected chi connectivity index (χ2v) is 6.63. The van der Waals surface area contributed by atoms with Crippen molar-refractivity contribution in [2.75, 3.05) is 6.79 Å². The highest BCUT2D eigenvalue weighted by Gasteiger charge is 2.16. The summed E-state index contributed by atoms with van der Waals surface area (Å²) in [6.45, 7) is 1.65. The van der Waals surface area contributed by atoms with Gasteiger partial charge in [-0.25, -0.2) is 0 Å². The number of halogens is 1. The molecule has 3 aromatic rings. The fraction of sp³-hybridized carbons (Fsp3) is 0.182. The SMILES string of the molecule is Clc1cc2c(c(COc3ccc(OCc4ccccc4)cc3)c1)OCOC2. The molecule has 0 aromatic heterocycles. The first-order valence-electron chi connectivity index (χ1n) is 8.69. The average Bonchev–Trinajstić information content (AvgIpc) is 2.72. The summed E-state index contributed by atoms with van der Waals surface area (Å²) in [6.07, 6.45) is 0. The van der Waals surface area contributed by atoms with Gasteiger partial charge in [0.05, 0.1) is 6.61 Å². The van der Waals surface area contributed by atoms with Crippen LogP contribution in [0, 0.1) is 0 Å². The zero-order valence-electron chi connectivity index (χ0n) is 14.7. The average molecular weight is 383 g/mol. The Balaban J connectivity index is 1.37. The van der Waals surface area contributed by atoms with E-state index in [1.54, 1.807) is 0 Å². The summed E-state index contributed by atoms with van der Waals surface area (Å²) >= 11 is 6.19. The van der Waals surface area contributed by atoms with Crippen LogP contribution in [0.4, 0.5) is 0 Å². The summed E-state index contributed by atoms with van der Waals surface area (Å²) in [4.78, 5) is 0. The minimum Gasteiger partial charge on any atom is -0.489 e. The molecule has 0 unspecified atom stereocenters. The maximum atomic E-state index is 6.19. The van der Waals surface area contributed by atoms with E-state index in [2.05, 4.69) is 0 Å². The summed E-state index contributed by atoms with van der Waals surface area (Å²) in [7, 11) is 0. The van der Waals surface area contributed by atoms with Gasteiger partial charge in [0.2, 0.25) is 0 Å². The molecule has 4 rings (SSSR count). The molecule has 3 aromatic carbocycles. The van der Waals surface area contributed by atoms with E-state index < -0.39 is 0 Å². The van der Waals surface area contributed by atoms with Crippen molar-refractivity contribution in [2.24, 2.45) is 0 Å². The van der Waals surface area contributed by atoms with Crippen LogP contribution < -0.4 is 14.2 Å². The number of fused-ring (bicyclic) bond motifs is 1. The van der Waals surface area contributed by atoms with Gasteiger partial charge in [-0.15, -0.1) is 0 Å². The Hall–Kier alpha value is -2.69. The van der Waals surface area contributed by atoms with E-state index in [0.717, 1.165) is 33.9 Å². The van der Waals surface area contributed by atoms with Crippen LogP contribution in [0.5, 0.6) is 17.2 Å². The van der Waals surface area contributed by atoms with Gasteiger partial charge in [-0.3, -0.25) is 0 Å². The van der Waals surface area contributed by atoms with Gasteiger partial charge in [-0.2, -0.15) is 0 Å². The summed E-state index contributed by atoms with van der Waals surface area (Å²) < 4.78 is 22.6. The monoisotopic (exact) mass is 382 g/mol. The van der Waals surface area contributed by atoms with E-state index in [1.807, 2.05) is 66.7 Å². The molecular formula is C22H19ClO4. The number of benzene rings is 3. The van der Waals surface area contributed by atoms with Crippen LogP contribution in [0.15, 0.2) is 66.7 Å². The van der Waals surface area contributed by atoms with E-state index in [1.165, 1.54) is 0 Å². The summed E-state index contributed by atoms with van der Waals surface area (Å²) in [5, 5.41) is 0.645. The Morgan fingerprint density at radius 2 is 1.56 bits per heavy atom. The van der Waals surface area contributed by atoms with Gasteiger partial charge < -0.3 is 18.9 Å². The van der Waals surface area contributed by atoms with Crippen molar-refractivity contribution in [3.8, 4) is 17.2 Å². The molecular weight excluding hydrogens is 364 g/mol. The molecule has 0 amide bonds. The molecule has 1 aliphatic rings. The molecule has 27 heavy (non-hydrogen) atoms. The van der Waals surface area contributed by atoms with Crippen LogP contribution in [0.25, 0.3) is 0 Å². The highest BCUT2D eigenvalue weighted by Crippen LogP contribution is 2.32. The van der Waals surface area contributed by atoms with Crippen molar-refractivity contribution in [3.63, 3.8) is 0 Å². The number of ether oxygens (including phenoxy) is 4. The third kappa shape index (κ3) is 4.54. The lowest BCUT2D eigenvalue weighted by Gasteiger charge is -2.21. The predicted molar refractivity (Wildman–Crippen MR) is 103 cm³/mol. The molecule has 0 aliphatic carbocycles. The molecule has 0 saturated heterocycles. The zero-order valence-corrected chi connectivity index (χ0v) is 15.4. The van der Waals surface area contributed by atoms with Gasteiger partial charge in [0, 0.05) is 16.1 Å². The Kier molecular flexibility index (Phi) is 5.47. The fourth-order valence-electron chi connectivity index (χ4n) is 2.90. The second kappa shape index (κ2) is 8.33. The van der Waals surface area contributed by atoms with Crippen LogP contribution >= 0.6 is 11.6 Å². The van der Waals surface area contributed by atoms with E-state index in [0.29, 0.717) is 24.8 Å². The van der Waals surface area contributed by atoms with Gasteiger partial charge in [0.15, 0.2) is 6.79 Å². The Bertz CT molecular complexity index is 894. The smallest absolute Gasteiger partial charge is 0.189 e. The molecule has 1 heterocycles. The molecule has 0 saturated carbocycles. The molecule has 0 bridgehead atoms. The van der Waals surface area contributed by atoms with Gasteiger partial charge >= 0.3 is 0 Å². The molecule has 5 heteroatoms. The highest BCUT2D eigenvalue weighted by atomic mass is 35.5. The maximum absolute atomic E-state index is 6.19. The van der Waals surface area contributed by atoms with Gasteiger partial charge in [-0.1, -0.05) is 41.9 Å². The summed E-state index contributed by atoms with van der Waals surface area (Å²) in [5.41, 5.74) is 2.98. The molecule has 1 aliphatic heterocycles. The minimum atomic E-state index is 0.245. The molecule has 4 nitrogen and oxygen atoms in total. The topological polar surface area (TPSA) is 36.9 Å². The fourth-order valence-corrected chi connectivity index (χ4v) is 3.16. The summed E-state index contributed by atoms with van der Waals surface area (Å²) in [5.74, 6) is 2.35. The number of hydrogen-bond donors (Lipinski definition) is 0. The lowest BCUT2D eigenvalue weighted by Crippen LogP contribution is -2.14. The molecule has 0 spiro atoms. The lowest BCUT2D eigenvalue weighted by atomic mass is 10.1. The third-order valence-electron chi connectivity index (χ3n) is 4.22.